The molecule has 1 aromatic carbocycles. The minimum Gasteiger partial charge on any atom is -0.268 e. The third kappa shape index (κ3) is 1.27. The lowest BCUT2D eigenvalue weighted by atomic mass is 10.1. The molecule has 0 bridgehead atoms. The molecule has 2 aromatic heterocycles. The van der Waals surface area contributed by atoms with Crippen LogP contribution >= 0.6 is 0 Å². The number of fused-ring (bicyclic) bond motifs is 1. The zero-order valence-electron chi connectivity index (χ0n) is 8.83. The molecule has 4 heteroatoms. The maximum atomic E-state index is 4.26. The number of hydrogen-bond acceptors (Lipinski definition) is 3. The lowest BCUT2D eigenvalue weighted by Crippen LogP contribution is -1.88. The Hall–Kier alpha value is -2.23. The van der Waals surface area contributed by atoms with Crippen molar-refractivity contribution >= 4 is 10.9 Å². The van der Waals surface area contributed by atoms with Gasteiger partial charge in [0.1, 0.15) is 6.33 Å². The van der Waals surface area contributed by atoms with Crippen molar-refractivity contribution in [2.24, 2.45) is 7.05 Å². The van der Waals surface area contributed by atoms with E-state index in [0.717, 1.165) is 22.0 Å². The number of hydrogen-bond donors (Lipinski definition) is 0. The summed E-state index contributed by atoms with van der Waals surface area (Å²) in [5.74, 6) is 0. The van der Waals surface area contributed by atoms with Gasteiger partial charge in [-0.15, -0.1) is 0 Å². The van der Waals surface area contributed by atoms with Crippen molar-refractivity contribution in [3.05, 3.63) is 43.1 Å². The van der Waals surface area contributed by atoms with Gasteiger partial charge in [-0.3, -0.25) is 4.68 Å². The first-order chi connectivity index (χ1) is 7.86. The van der Waals surface area contributed by atoms with E-state index in [4.69, 9.17) is 0 Å². The van der Waals surface area contributed by atoms with Gasteiger partial charge in [0, 0.05) is 30.4 Å². The fourth-order valence-electron chi connectivity index (χ4n) is 1.87. The minimum absolute atomic E-state index is 1.01. The topological polar surface area (TPSA) is 43.6 Å². The first-order valence-electron chi connectivity index (χ1n) is 5.02. The fraction of sp³-hybridized carbons (Fsp3) is 0.0833. The van der Waals surface area contributed by atoms with Crippen LogP contribution in [0.4, 0.5) is 0 Å². The Bertz CT molecular complexity index is 628. The number of aryl methyl sites for hydroxylation is 1. The molecule has 0 saturated carbocycles. The molecular formula is C12H10N4. The summed E-state index contributed by atoms with van der Waals surface area (Å²) in [7, 11) is 1.94. The molecule has 4 nitrogen and oxygen atoms in total. The third-order valence-electron chi connectivity index (χ3n) is 2.66. The Kier molecular flexibility index (Phi) is 1.93. The van der Waals surface area contributed by atoms with Crippen LogP contribution in [0.25, 0.3) is 22.0 Å². The summed E-state index contributed by atoms with van der Waals surface area (Å²) in [6.07, 6.45) is 7.04. The van der Waals surface area contributed by atoms with Crippen LogP contribution in [0.5, 0.6) is 0 Å². The lowest BCUT2D eigenvalue weighted by molar-refractivity contribution is 0.797. The molecule has 0 radical (unpaired) electrons. The SMILES string of the molecule is Cn1ncc2c(-c3cncnc3)cccc21. The summed E-state index contributed by atoms with van der Waals surface area (Å²) in [6, 6.07) is 6.13. The summed E-state index contributed by atoms with van der Waals surface area (Å²) in [5, 5.41) is 5.38. The summed E-state index contributed by atoms with van der Waals surface area (Å²) < 4.78 is 1.86. The number of rotatable bonds is 1. The summed E-state index contributed by atoms with van der Waals surface area (Å²) in [5.41, 5.74) is 3.24. The van der Waals surface area contributed by atoms with Crippen molar-refractivity contribution < 1.29 is 0 Å². The van der Waals surface area contributed by atoms with Crippen molar-refractivity contribution in [2.75, 3.05) is 0 Å². The predicted octanol–water partition coefficient (Wildman–Crippen LogP) is 2.03. The van der Waals surface area contributed by atoms with Crippen LogP contribution in [0.3, 0.4) is 0 Å². The van der Waals surface area contributed by atoms with Crippen molar-refractivity contribution in [3.63, 3.8) is 0 Å². The predicted molar refractivity (Wildman–Crippen MR) is 61.7 cm³/mol. The van der Waals surface area contributed by atoms with Gasteiger partial charge < -0.3 is 0 Å². The molecule has 3 rings (SSSR count). The average Bonchev–Trinajstić information content (AvgIpc) is 2.73. The van der Waals surface area contributed by atoms with Gasteiger partial charge in [-0.25, -0.2) is 9.97 Å². The standard InChI is InChI=1S/C12H10N4/c1-16-12-4-2-3-10(11(12)7-15-16)9-5-13-8-14-6-9/h2-8H,1H3. The van der Waals surface area contributed by atoms with Gasteiger partial charge in [-0.2, -0.15) is 5.10 Å². The summed E-state index contributed by atoms with van der Waals surface area (Å²) >= 11 is 0. The van der Waals surface area contributed by atoms with E-state index in [0.29, 0.717) is 0 Å². The first-order valence-corrected chi connectivity index (χ1v) is 5.02. The van der Waals surface area contributed by atoms with E-state index in [9.17, 15) is 0 Å². The zero-order valence-corrected chi connectivity index (χ0v) is 8.83. The molecule has 0 aliphatic rings. The van der Waals surface area contributed by atoms with Gasteiger partial charge >= 0.3 is 0 Å². The average molecular weight is 210 g/mol. The maximum Gasteiger partial charge on any atom is 0.115 e. The quantitative estimate of drug-likeness (QED) is 0.617. The van der Waals surface area contributed by atoms with Crippen LogP contribution in [0.15, 0.2) is 43.1 Å². The van der Waals surface area contributed by atoms with Gasteiger partial charge in [0.2, 0.25) is 0 Å². The Balaban J connectivity index is 2.32. The van der Waals surface area contributed by atoms with Crippen LogP contribution in [0, 0.1) is 0 Å². The summed E-state index contributed by atoms with van der Waals surface area (Å²) in [6.45, 7) is 0. The molecule has 0 N–H and O–H groups in total. The van der Waals surface area contributed by atoms with Crippen LogP contribution < -0.4 is 0 Å². The molecule has 0 spiro atoms. The van der Waals surface area contributed by atoms with Gasteiger partial charge in [0.05, 0.1) is 11.7 Å². The molecule has 0 aliphatic heterocycles. The molecule has 16 heavy (non-hydrogen) atoms. The highest BCUT2D eigenvalue weighted by Gasteiger charge is 2.06. The molecule has 0 amide bonds. The number of aromatic nitrogens is 4. The van der Waals surface area contributed by atoms with Crippen LogP contribution in [0.1, 0.15) is 0 Å². The molecular weight excluding hydrogens is 200 g/mol. The fourth-order valence-corrected chi connectivity index (χ4v) is 1.87. The van der Waals surface area contributed by atoms with E-state index in [1.807, 2.05) is 36.4 Å². The van der Waals surface area contributed by atoms with Gasteiger partial charge in [-0.1, -0.05) is 12.1 Å². The van der Waals surface area contributed by atoms with Crippen LogP contribution in [-0.2, 0) is 7.05 Å². The largest absolute Gasteiger partial charge is 0.268 e. The van der Waals surface area contributed by atoms with Crippen molar-refractivity contribution in [2.45, 2.75) is 0 Å². The zero-order chi connectivity index (χ0) is 11.0. The van der Waals surface area contributed by atoms with Crippen LogP contribution in [-0.4, -0.2) is 19.7 Å². The molecule has 2 heterocycles. The molecule has 0 saturated heterocycles. The highest BCUT2D eigenvalue weighted by Crippen LogP contribution is 2.26. The van der Waals surface area contributed by atoms with Gasteiger partial charge in [0.25, 0.3) is 0 Å². The van der Waals surface area contributed by atoms with Crippen molar-refractivity contribution in [1.29, 1.82) is 0 Å². The monoisotopic (exact) mass is 210 g/mol. The molecule has 78 valence electrons. The lowest BCUT2D eigenvalue weighted by Gasteiger charge is -2.02. The van der Waals surface area contributed by atoms with E-state index in [1.165, 1.54) is 6.33 Å². The molecule has 0 atom stereocenters. The third-order valence-corrected chi connectivity index (χ3v) is 2.66. The molecule has 3 aromatic rings. The number of benzene rings is 1. The van der Waals surface area contributed by atoms with E-state index in [1.54, 1.807) is 0 Å². The first kappa shape index (κ1) is 9.03. The van der Waals surface area contributed by atoms with E-state index in [2.05, 4.69) is 27.2 Å². The van der Waals surface area contributed by atoms with E-state index in [-0.39, 0.29) is 0 Å². The normalized spacial score (nSPS) is 10.8. The number of nitrogens with zero attached hydrogens (tertiary/aromatic N) is 4. The highest BCUT2D eigenvalue weighted by atomic mass is 15.2. The van der Waals surface area contributed by atoms with Gasteiger partial charge in [0.15, 0.2) is 0 Å². The molecule has 0 aliphatic carbocycles. The minimum atomic E-state index is 1.01. The maximum absolute atomic E-state index is 4.26. The highest BCUT2D eigenvalue weighted by molar-refractivity contribution is 5.94. The Morgan fingerprint density at radius 2 is 1.88 bits per heavy atom. The van der Waals surface area contributed by atoms with Crippen LogP contribution in [0.2, 0.25) is 0 Å². The van der Waals surface area contributed by atoms with Crippen molar-refractivity contribution in [1.82, 2.24) is 19.7 Å². The van der Waals surface area contributed by atoms with E-state index >= 15 is 0 Å². The smallest absolute Gasteiger partial charge is 0.115 e. The Morgan fingerprint density at radius 1 is 1.06 bits per heavy atom. The van der Waals surface area contributed by atoms with Crippen molar-refractivity contribution in [3.8, 4) is 11.1 Å². The second-order valence-electron chi connectivity index (χ2n) is 3.63. The molecule has 0 unspecified atom stereocenters. The van der Waals surface area contributed by atoms with Gasteiger partial charge in [-0.05, 0) is 11.6 Å². The summed E-state index contributed by atoms with van der Waals surface area (Å²) in [4.78, 5) is 8.07. The second kappa shape index (κ2) is 3.41. The van der Waals surface area contributed by atoms with E-state index < -0.39 is 0 Å². The second-order valence-corrected chi connectivity index (χ2v) is 3.63. The molecule has 0 fully saturated rings. The Labute approximate surface area is 92.6 Å². The Morgan fingerprint density at radius 3 is 2.69 bits per heavy atom.